The fourth-order valence-electron chi connectivity index (χ4n) is 2.56. The van der Waals surface area contributed by atoms with Gasteiger partial charge in [-0.25, -0.2) is 13.4 Å². The maximum absolute atomic E-state index is 12.5. The van der Waals surface area contributed by atoms with Gasteiger partial charge in [-0.15, -0.1) is 35.3 Å². The number of hydrogen-bond donors (Lipinski definition) is 1. The zero-order valence-corrected chi connectivity index (χ0v) is 18.8. The third kappa shape index (κ3) is 5.78. The Morgan fingerprint density at radius 1 is 1.44 bits per heavy atom. The highest BCUT2D eigenvalue weighted by Crippen LogP contribution is 2.25. The van der Waals surface area contributed by atoms with Gasteiger partial charge in [-0.1, -0.05) is 13.8 Å². The highest BCUT2D eigenvalue weighted by Gasteiger charge is 2.23. The first-order valence-corrected chi connectivity index (χ1v) is 10.4. The molecule has 144 valence electrons. The second-order valence-corrected chi connectivity index (χ2v) is 8.95. The molecule has 0 spiro atoms. The van der Waals surface area contributed by atoms with Gasteiger partial charge < -0.3 is 15.4 Å². The molecule has 2 N–H and O–H groups in total. The van der Waals surface area contributed by atoms with Crippen LogP contribution in [0.5, 0.6) is 0 Å². The van der Waals surface area contributed by atoms with Crippen LogP contribution in [0.4, 0.5) is 0 Å². The molecule has 1 saturated heterocycles. The summed E-state index contributed by atoms with van der Waals surface area (Å²) in [6.07, 6.45) is 0.139. The van der Waals surface area contributed by atoms with Crippen LogP contribution in [0.15, 0.2) is 21.3 Å². The molecule has 7 nitrogen and oxygen atoms in total. The summed E-state index contributed by atoms with van der Waals surface area (Å²) in [5, 5.41) is 0. The maximum atomic E-state index is 12.5. The highest BCUT2D eigenvalue weighted by atomic mass is 127. The Labute approximate surface area is 171 Å². The lowest BCUT2D eigenvalue weighted by molar-refractivity contribution is 0.00529. The van der Waals surface area contributed by atoms with Gasteiger partial charge in [0.1, 0.15) is 4.21 Å². The molecule has 1 atom stereocenters. The Balaban J connectivity index is 0.00000312. The molecule has 0 aromatic carbocycles. The van der Waals surface area contributed by atoms with E-state index >= 15 is 0 Å². The number of morpholine rings is 1. The zero-order valence-electron chi connectivity index (χ0n) is 14.8. The predicted molar refractivity (Wildman–Crippen MR) is 112 cm³/mol. The Morgan fingerprint density at radius 2 is 2.12 bits per heavy atom. The first kappa shape index (κ1) is 22.6. The normalized spacial score (nSPS) is 19.1. The van der Waals surface area contributed by atoms with Gasteiger partial charge in [0, 0.05) is 31.1 Å². The van der Waals surface area contributed by atoms with Gasteiger partial charge in [-0.2, -0.15) is 4.31 Å². The second-order valence-electron chi connectivity index (χ2n) is 5.61. The van der Waals surface area contributed by atoms with E-state index in [1.54, 1.807) is 12.1 Å². The summed E-state index contributed by atoms with van der Waals surface area (Å²) in [6.45, 7) is 9.08. The van der Waals surface area contributed by atoms with Crippen LogP contribution in [0, 0.1) is 0 Å². The van der Waals surface area contributed by atoms with Crippen molar-refractivity contribution in [3.63, 3.8) is 0 Å². The molecule has 2 heterocycles. The lowest BCUT2D eigenvalue weighted by Crippen LogP contribution is -2.47. The van der Waals surface area contributed by atoms with Gasteiger partial charge in [0.15, 0.2) is 5.96 Å². The zero-order chi connectivity index (χ0) is 17.7. The van der Waals surface area contributed by atoms with E-state index < -0.39 is 10.0 Å². The van der Waals surface area contributed by atoms with E-state index in [1.807, 2.05) is 25.7 Å². The molecular weight excluding hydrogens is 475 g/mol. The van der Waals surface area contributed by atoms with E-state index in [0.29, 0.717) is 36.4 Å². The summed E-state index contributed by atoms with van der Waals surface area (Å²) < 4.78 is 32.3. The van der Waals surface area contributed by atoms with Crippen LogP contribution in [-0.4, -0.2) is 62.5 Å². The van der Waals surface area contributed by atoms with E-state index in [-0.39, 0.29) is 30.1 Å². The van der Waals surface area contributed by atoms with Crippen LogP contribution in [0.3, 0.4) is 0 Å². The number of ether oxygens (including phenoxy) is 1. The summed E-state index contributed by atoms with van der Waals surface area (Å²) in [6, 6.07) is 3.45. The average Bonchev–Trinajstić information content (AvgIpc) is 3.03. The quantitative estimate of drug-likeness (QED) is 0.365. The largest absolute Gasteiger partial charge is 0.375 e. The number of sulfonamides is 1. The summed E-state index contributed by atoms with van der Waals surface area (Å²) in [5.74, 6) is 0.478. The van der Waals surface area contributed by atoms with Crippen LogP contribution < -0.4 is 5.73 Å². The molecule has 1 aliphatic heterocycles. The minimum absolute atomic E-state index is 0. The number of nitrogens with two attached hydrogens (primary N) is 1. The molecule has 1 aromatic rings. The Kier molecular flexibility index (Phi) is 9.09. The minimum atomic E-state index is -3.40. The number of rotatable bonds is 6. The number of nitrogens with zero attached hydrogens (tertiary/aromatic N) is 3. The van der Waals surface area contributed by atoms with Gasteiger partial charge >= 0.3 is 0 Å². The number of guanidine groups is 1. The van der Waals surface area contributed by atoms with Crippen molar-refractivity contribution in [3.8, 4) is 0 Å². The van der Waals surface area contributed by atoms with Crippen molar-refractivity contribution in [1.29, 1.82) is 0 Å². The summed E-state index contributed by atoms with van der Waals surface area (Å²) in [5.41, 5.74) is 6.04. The predicted octanol–water partition coefficient (Wildman–Crippen LogP) is 1.93. The second kappa shape index (κ2) is 10.0. The van der Waals surface area contributed by atoms with Crippen LogP contribution in [0.2, 0.25) is 0 Å². The molecule has 0 saturated carbocycles. The van der Waals surface area contributed by atoms with Crippen LogP contribution in [0.25, 0.3) is 0 Å². The number of hydrogen-bond acceptors (Lipinski definition) is 5. The minimum Gasteiger partial charge on any atom is -0.375 e. The van der Waals surface area contributed by atoms with Crippen molar-refractivity contribution < 1.29 is 13.2 Å². The first-order valence-electron chi connectivity index (χ1n) is 8.13. The number of aliphatic imine (C=N–C) groups is 1. The summed E-state index contributed by atoms with van der Waals surface area (Å²) in [4.78, 5) is 7.27. The molecule has 0 amide bonds. The molecule has 10 heteroatoms. The maximum Gasteiger partial charge on any atom is 0.252 e. The smallest absolute Gasteiger partial charge is 0.252 e. The summed E-state index contributed by atoms with van der Waals surface area (Å²) >= 11 is 1.25. The fraction of sp³-hybridized carbons (Fsp3) is 0.667. The fourth-order valence-corrected chi connectivity index (χ4v) is 5.45. The standard InChI is InChI=1S/C15H26N4O3S2.HI/c1-4-19(5-2)24(20,21)14-7-6-13(23-14)10-17-15(16)18-8-9-22-12(3)11-18;/h6-7,12H,4-5,8-11H2,1-3H3,(H2,16,17);1H. The van der Waals surface area contributed by atoms with Gasteiger partial charge in [-0.05, 0) is 19.1 Å². The molecule has 25 heavy (non-hydrogen) atoms. The van der Waals surface area contributed by atoms with Crippen molar-refractivity contribution in [1.82, 2.24) is 9.21 Å². The topological polar surface area (TPSA) is 88.2 Å². The molecule has 0 aliphatic carbocycles. The average molecular weight is 502 g/mol. The Morgan fingerprint density at radius 3 is 2.72 bits per heavy atom. The van der Waals surface area contributed by atoms with Crippen LogP contribution >= 0.6 is 35.3 Å². The SMILES string of the molecule is CCN(CC)S(=O)(=O)c1ccc(CN=C(N)N2CCOC(C)C2)s1.I. The molecule has 1 aromatic heterocycles. The van der Waals surface area contributed by atoms with Crippen molar-refractivity contribution >= 4 is 51.3 Å². The molecular formula is C15H27IN4O3S2. The molecule has 0 bridgehead atoms. The van der Waals surface area contributed by atoms with Crippen molar-refractivity contribution in [2.24, 2.45) is 10.7 Å². The van der Waals surface area contributed by atoms with Crippen molar-refractivity contribution in [3.05, 3.63) is 17.0 Å². The monoisotopic (exact) mass is 502 g/mol. The van der Waals surface area contributed by atoms with Gasteiger partial charge in [0.25, 0.3) is 10.0 Å². The molecule has 1 unspecified atom stereocenters. The lowest BCUT2D eigenvalue weighted by atomic mass is 10.3. The summed E-state index contributed by atoms with van der Waals surface area (Å²) in [7, 11) is -3.40. The van der Waals surface area contributed by atoms with Crippen molar-refractivity contribution in [2.75, 3.05) is 32.8 Å². The third-order valence-corrected chi connectivity index (χ3v) is 7.49. The van der Waals surface area contributed by atoms with E-state index in [1.165, 1.54) is 15.6 Å². The van der Waals surface area contributed by atoms with Crippen molar-refractivity contribution in [2.45, 2.75) is 37.6 Å². The third-order valence-electron chi connectivity index (χ3n) is 3.90. The number of halogens is 1. The van der Waals surface area contributed by atoms with E-state index in [2.05, 4.69) is 4.99 Å². The van der Waals surface area contributed by atoms with Gasteiger partial charge in [0.05, 0.1) is 19.3 Å². The molecule has 1 aliphatic rings. The van der Waals surface area contributed by atoms with Crippen LogP contribution in [0.1, 0.15) is 25.6 Å². The van der Waals surface area contributed by atoms with E-state index in [9.17, 15) is 8.42 Å². The van der Waals surface area contributed by atoms with Gasteiger partial charge in [-0.3, -0.25) is 0 Å². The number of thiophene rings is 1. The Hall–Kier alpha value is -0.430. The molecule has 0 radical (unpaired) electrons. The molecule has 2 rings (SSSR count). The van der Waals surface area contributed by atoms with E-state index in [0.717, 1.165) is 18.0 Å². The van der Waals surface area contributed by atoms with Gasteiger partial charge in [0.2, 0.25) is 0 Å². The highest BCUT2D eigenvalue weighted by molar-refractivity contribution is 14.0. The van der Waals surface area contributed by atoms with E-state index in [4.69, 9.17) is 10.5 Å². The Bertz CT molecular complexity index is 674. The molecule has 1 fully saturated rings. The van der Waals surface area contributed by atoms with Crippen LogP contribution in [-0.2, 0) is 21.3 Å². The first-order chi connectivity index (χ1) is 11.4. The lowest BCUT2D eigenvalue weighted by Gasteiger charge is -2.31.